The average Bonchev–Trinajstić information content (AvgIpc) is 3.11. The van der Waals surface area contributed by atoms with Gasteiger partial charge in [0.1, 0.15) is 10.7 Å². The molecule has 3 aromatic carbocycles. The molecule has 1 heterocycles. The molecule has 0 aromatic heterocycles. The van der Waals surface area contributed by atoms with Gasteiger partial charge in [-0.2, -0.15) is 8.42 Å². The normalized spacial score (nSPS) is 14.9. The number of aliphatic imine (C=N–C) groups is 1. The van der Waals surface area contributed by atoms with Gasteiger partial charge in [-0.25, -0.2) is 14.2 Å². The lowest BCUT2D eigenvalue weighted by Gasteiger charge is -2.12. The Morgan fingerprint density at radius 2 is 1.69 bits per heavy atom. The van der Waals surface area contributed by atoms with Gasteiger partial charge < -0.3 is 8.92 Å². The van der Waals surface area contributed by atoms with Crippen molar-refractivity contribution < 1.29 is 26.5 Å². The first-order valence-corrected chi connectivity index (χ1v) is 11.2. The predicted octanol–water partition coefficient (Wildman–Crippen LogP) is 5.24. The van der Waals surface area contributed by atoms with E-state index in [1.165, 1.54) is 60.7 Å². The molecule has 0 saturated heterocycles. The van der Waals surface area contributed by atoms with Crippen molar-refractivity contribution in [3.63, 3.8) is 0 Å². The number of cyclic esters (lactones) is 1. The number of rotatable bonds is 5. The summed E-state index contributed by atoms with van der Waals surface area (Å²) in [5.41, 5.74) is -0.160. The minimum atomic E-state index is -4.24. The van der Waals surface area contributed by atoms with Crippen LogP contribution in [-0.4, -0.2) is 20.3 Å². The number of carbonyl (C=O) groups excluding carboxylic acids is 1. The number of benzene rings is 3. The van der Waals surface area contributed by atoms with Crippen molar-refractivity contribution >= 4 is 51.3 Å². The molecule has 0 N–H and O–H groups in total. The quantitative estimate of drug-likeness (QED) is 0.276. The molecule has 0 fully saturated rings. The standard InChI is InChI=1S/C22H12Cl2FNO5S/c23-14-10-13(11-19-22(27)30-21(26-19)16-8-4-5-9-18(16)25)20(17(24)12-14)31-32(28,29)15-6-2-1-3-7-15/h1-12H. The molecule has 10 heteroatoms. The van der Waals surface area contributed by atoms with E-state index in [0.717, 1.165) is 0 Å². The Hall–Kier alpha value is -3.20. The fraction of sp³-hybridized carbons (Fsp3) is 0. The minimum Gasteiger partial charge on any atom is -0.402 e. The zero-order chi connectivity index (χ0) is 22.9. The van der Waals surface area contributed by atoms with Gasteiger partial charge in [-0.1, -0.05) is 53.5 Å². The van der Waals surface area contributed by atoms with Gasteiger partial charge in [0, 0.05) is 10.6 Å². The third kappa shape index (κ3) is 4.52. The van der Waals surface area contributed by atoms with Gasteiger partial charge in [-0.05, 0) is 42.5 Å². The summed E-state index contributed by atoms with van der Waals surface area (Å²) in [6, 6.07) is 15.7. The van der Waals surface area contributed by atoms with Crippen LogP contribution in [0, 0.1) is 5.82 Å². The van der Waals surface area contributed by atoms with Crippen molar-refractivity contribution in [2.45, 2.75) is 4.90 Å². The molecule has 0 radical (unpaired) electrons. The first-order valence-electron chi connectivity index (χ1n) is 9.00. The van der Waals surface area contributed by atoms with E-state index in [4.69, 9.17) is 32.1 Å². The highest BCUT2D eigenvalue weighted by molar-refractivity contribution is 7.87. The van der Waals surface area contributed by atoms with Crippen molar-refractivity contribution in [2.75, 3.05) is 0 Å². The van der Waals surface area contributed by atoms with Gasteiger partial charge in [0.15, 0.2) is 11.4 Å². The van der Waals surface area contributed by atoms with E-state index >= 15 is 0 Å². The molecule has 32 heavy (non-hydrogen) atoms. The van der Waals surface area contributed by atoms with Crippen LogP contribution in [0.2, 0.25) is 10.0 Å². The monoisotopic (exact) mass is 491 g/mol. The maximum atomic E-state index is 14.0. The van der Waals surface area contributed by atoms with E-state index in [0.29, 0.717) is 0 Å². The van der Waals surface area contributed by atoms with Crippen LogP contribution in [0.5, 0.6) is 5.75 Å². The number of nitrogens with zero attached hydrogens (tertiary/aromatic N) is 1. The number of hydrogen-bond donors (Lipinski definition) is 0. The van der Waals surface area contributed by atoms with E-state index in [1.807, 2.05) is 0 Å². The predicted molar refractivity (Wildman–Crippen MR) is 118 cm³/mol. The molecule has 0 spiro atoms. The molecule has 0 atom stereocenters. The molecule has 0 amide bonds. The fourth-order valence-electron chi connectivity index (χ4n) is 2.83. The first kappa shape index (κ1) is 22.0. The van der Waals surface area contributed by atoms with E-state index in [2.05, 4.69) is 4.99 Å². The van der Waals surface area contributed by atoms with Gasteiger partial charge in [0.25, 0.3) is 0 Å². The highest BCUT2D eigenvalue weighted by Gasteiger charge is 2.27. The van der Waals surface area contributed by atoms with Crippen molar-refractivity contribution in [3.8, 4) is 5.75 Å². The van der Waals surface area contributed by atoms with E-state index in [9.17, 15) is 17.6 Å². The number of ether oxygens (including phenoxy) is 1. The van der Waals surface area contributed by atoms with E-state index in [-0.39, 0.29) is 43.4 Å². The Labute approximate surface area is 192 Å². The second-order valence-corrected chi connectivity index (χ2v) is 8.86. The lowest BCUT2D eigenvalue weighted by atomic mass is 10.1. The molecule has 1 aliphatic heterocycles. The zero-order valence-corrected chi connectivity index (χ0v) is 18.3. The van der Waals surface area contributed by atoms with Crippen LogP contribution in [0.1, 0.15) is 11.1 Å². The molecule has 0 saturated carbocycles. The lowest BCUT2D eigenvalue weighted by Crippen LogP contribution is -2.11. The fourth-order valence-corrected chi connectivity index (χ4v) is 4.41. The first-order chi connectivity index (χ1) is 15.2. The van der Waals surface area contributed by atoms with Crippen LogP contribution in [0.3, 0.4) is 0 Å². The smallest absolute Gasteiger partial charge is 0.363 e. The van der Waals surface area contributed by atoms with Crippen molar-refractivity contribution in [1.82, 2.24) is 0 Å². The van der Waals surface area contributed by atoms with Crippen molar-refractivity contribution in [3.05, 3.63) is 99.4 Å². The van der Waals surface area contributed by atoms with Crippen molar-refractivity contribution in [1.29, 1.82) is 0 Å². The molecule has 6 nitrogen and oxygen atoms in total. The van der Waals surface area contributed by atoms with Crippen LogP contribution < -0.4 is 4.18 Å². The number of halogens is 3. The Balaban J connectivity index is 1.77. The van der Waals surface area contributed by atoms with Gasteiger partial charge in [-0.3, -0.25) is 0 Å². The number of hydrogen-bond acceptors (Lipinski definition) is 6. The summed E-state index contributed by atoms with van der Waals surface area (Å²) in [5, 5.41) is 0.0597. The average molecular weight is 492 g/mol. The molecule has 162 valence electrons. The topological polar surface area (TPSA) is 82.0 Å². The molecular weight excluding hydrogens is 480 g/mol. The second kappa shape index (κ2) is 8.74. The minimum absolute atomic E-state index is 0.00324. The third-order valence-corrected chi connectivity index (χ3v) is 6.01. The third-order valence-electron chi connectivity index (χ3n) is 4.28. The summed E-state index contributed by atoms with van der Waals surface area (Å²) < 4.78 is 49.7. The molecule has 0 unspecified atom stereocenters. The van der Waals surface area contributed by atoms with Crippen LogP contribution in [0.4, 0.5) is 4.39 Å². The summed E-state index contributed by atoms with van der Waals surface area (Å²) in [6.07, 6.45) is 1.20. The second-order valence-electron chi connectivity index (χ2n) is 6.47. The maximum Gasteiger partial charge on any atom is 0.363 e. The zero-order valence-electron chi connectivity index (χ0n) is 16.0. The van der Waals surface area contributed by atoms with Gasteiger partial charge >= 0.3 is 16.1 Å². The summed E-state index contributed by atoms with van der Waals surface area (Å²) in [7, 11) is -4.24. The summed E-state index contributed by atoms with van der Waals surface area (Å²) >= 11 is 12.2. The van der Waals surface area contributed by atoms with E-state index in [1.54, 1.807) is 12.1 Å². The highest BCUT2D eigenvalue weighted by Crippen LogP contribution is 2.36. The summed E-state index contributed by atoms with van der Waals surface area (Å²) in [6.45, 7) is 0. The van der Waals surface area contributed by atoms with Crippen LogP contribution in [0.25, 0.3) is 6.08 Å². The number of esters is 1. The largest absolute Gasteiger partial charge is 0.402 e. The summed E-state index contributed by atoms with van der Waals surface area (Å²) in [5.74, 6) is -1.97. The van der Waals surface area contributed by atoms with Gasteiger partial charge in [0.05, 0.1) is 10.6 Å². The van der Waals surface area contributed by atoms with Crippen LogP contribution in [0.15, 0.2) is 82.3 Å². The molecule has 3 aromatic rings. The molecule has 0 bridgehead atoms. The maximum absolute atomic E-state index is 14.0. The SMILES string of the molecule is O=C1OC(c2ccccc2F)=NC1=Cc1cc(Cl)cc(Cl)c1OS(=O)(=O)c1ccccc1. The Morgan fingerprint density at radius 3 is 2.41 bits per heavy atom. The molecule has 0 aliphatic carbocycles. The van der Waals surface area contributed by atoms with Gasteiger partial charge in [0.2, 0.25) is 5.90 Å². The van der Waals surface area contributed by atoms with Crippen LogP contribution >= 0.6 is 23.2 Å². The summed E-state index contributed by atoms with van der Waals surface area (Å²) in [4.78, 5) is 16.2. The molecular formula is C22H12Cl2FNO5S. The Kier molecular flexibility index (Phi) is 6.01. The number of carbonyl (C=O) groups is 1. The molecule has 1 aliphatic rings. The highest BCUT2D eigenvalue weighted by atomic mass is 35.5. The lowest BCUT2D eigenvalue weighted by molar-refractivity contribution is -0.129. The van der Waals surface area contributed by atoms with Crippen LogP contribution in [-0.2, 0) is 19.6 Å². The van der Waals surface area contributed by atoms with Gasteiger partial charge in [-0.15, -0.1) is 0 Å². The van der Waals surface area contributed by atoms with Crippen molar-refractivity contribution in [2.24, 2.45) is 4.99 Å². The Morgan fingerprint density at radius 1 is 1.00 bits per heavy atom. The Bertz CT molecular complexity index is 1390. The molecule has 4 rings (SSSR count). The van der Waals surface area contributed by atoms with E-state index < -0.39 is 21.9 Å².